The molecule has 4 saturated carbocycles. The number of carbonyl (C=O) groups excluding carboxylic acids is 2. The Kier molecular flexibility index (Phi) is 7.65. The van der Waals surface area contributed by atoms with Crippen LogP contribution in [0.4, 0.5) is 0 Å². The molecule has 4 heteroatoms. The first-order valence-corrected chi connectivity index (χ1v) is 16.7. The van der Waals surface area contributed by atoms with Gasteiger partial charge in [0, 0.05) is 12.3 Å². The molecule has 0 radical (unpaired) electrons. The Morgan fingerprint density at radius 1 is 0.925 bits per heavy atom. The van der Waals surface area contributed by atoms with E-state index in [1.807, 2.05) is 0 Å². The zero-order valence-corrected chi connectivity index (χ0v) is 27.2. The number of unbranched alkanes of at least 4 members (excludes halogenated alkanes) is 1. The molecule has 40 heavy (non-hydrogen) atoms. The molecule has 4 nitrogen and oxygen atoms in total. The van der Waals surface area contributed by atoms with Crippen molar-refractivity contribution in [3.05, 3.63) is 11.6 Å². The van der Waals surface area contributed by atoms with Crippen LogP contribution in [0.15, 0.2) is 11.6 Å². The number of esters is 2. The molecule has 0 bridgehead atoms. The summed E-state index contributed by atoms with van der Waals surface area (Å²) in [5.74, 6) is 2.51. The highest BCUT2D eigenvalue weighted by atomic mass is 16.5. The van der Waals surface area contributed by atoms with Crippen LogP contribution in [0.5, 0.6) is 0 Å². The average Bonchev–Trinajstić information content (AvgIpc) is 2.88. The maximum Gasteiger partial charge on any atom is 0.312 e. The maximum absolute atomic E-state index is 14.0. The highest BCUT2D eigenvalue weighted by molar-refractivity contribution is 5.79. The standard InChI is InChI=1S/C36H58O4/c1-10-11-22-39-31(38)36-19-14-23(2)24(3)30(36)26-12-13-28-33(7)17-16-29(40-25(4)37)32(5,6)27(33)15-18-35(28,9)34(26,8)20-21-36/h12,23-24,27-30H,10-11,13-22H2,1-9H3/t23-,24+,27+,28-,29+,30+,33+,34-,35-,36+/m1/s1. The van der Waals surface area contributed by atoms with Crippen molar-refractivity contribution in [2.45, 2.75) is 139 Å². The minimum Gasteiger partial charge on any atom is -0.465 e. The van der Waals surface area contributed by atoms with Gasteiger partial charge in [-0.2, -0.15) is 0 Å². The van der Waals surface area contributed by atoms with Crippen LogP contribution < -0.4 is 0 Å². The third kappa shape index (κ3) is 4.10. The summed E-state index contributed by atoms with van der Waals surface area (Å²) in [6.45, 7) is 21.6. The second-order valence-electron chi connectivity index (χ2n) is 16.3. The lowest BCUT2D eigenvalue weighted by molar-refractivity contribution is -0.214. The lowest BCUT2D eigenvalue weighted by atomic mass is 9.33. The van der Waals surface area contributed by atoms with Gasteiger partial charge in [0.15, 0.2) is 0 Å². The summed E-state index contributed by atoms with van der Waals surface area (Å²) in [6.07, 6.45) is 14.4. The van der Waals surface area contributed by atoms with Gasteiger partial charge in [0.05, 0.1) is 12.0 Å². The van der Waals surface area contributed by atoms with E-state index < -0.39 is 0 Å². The number of rotatable bonds is 5. The molecule has 0 aromatic carbocycles. The fourth-order valence-electron chi connectivity index (χ4n) is 11.7. The van der Waals surface area contributed by atoms with Crippen molar-refractivity contribution < 1.29 is 19.1 Å². The quantitative estimate of drug-likeness (QED) is 0.193. The van der Waals surface area contributed by atoms with E-state index in [0.717, 1.165) is 57.8 Å². The number of hydrogen-bond acceptors (Lipinski definition) is 4. The highest BCUT2D eigenvalue weighted by Gasteiger charge is 2.70. The number of allylic oxidation sites excluding steroid dienone is 2. The Hall–Kier alpha value is -1.32. The fourth-order valence-corrected chi connectivity index (χ4v) is 11.7. The largest absolute Gasteiger partial charge is 0.465 e. The Morgan fingerprint density at radius 3 is 2.33 bits per heavy atom. The second kappa shape index (κ2) is 10.1. The maximum atomic E-state index is 14.0. The predicted molar refractivity (Wildman–Crippen MR) is 160 cm³/mol. The topological polar surface area (TPSA) is 52.6 Å². The molecule has 0 aromatic rings. The molecule has 0 unspecified atom stereocenters. The number of fused-ring (bicyclic) bond motifs is 7. The van der Waals surface area contributed by atoms with Crippen LogP contribution in [0.1, 0.15) is 133 Å². The van der Waals surface area contributed by atoms with E-state index >= 15 is 0 Å². The van der Waals surface area contributed by atoms with Gasteiger partial charge in [0.25, 0.3) is 0 Å². The Bertz CT molecular complexity index is 1040. The van der Waals surface area contributed by atoms with Crippen molar-refractivity contribution in [2.75, 3.05) is 6.61 Å². The summed E-state index contributed by atoms with van der Waals surface area (Å²) in [7, 11) is 0. The summed E-state index contributed by atoms with van der Waals surface area (Å²) < 4.78 is 12.0. The monoisotopic (exact) mass is 554 g/mol. The molecular weight excluding hydrogens is 496 g/mol. The lowest BCUT2D eigenvalue weighted by Gasteiger charge is -2.71. The minimum atomic E-state index is -0.348. The van der Waals surface area contributed by atoms with Gasteiger partial charge in [-0.15, -0.1) is 0 Å². The van der Waals surface area contributed by atoms with Crippen LogP contribution in [-0.2, 0) is 19.1 Å². The number of carbonyl (C=O) groups is 2. The summed E-state index contributed by atoms with van der Waals surface area (Å²) in [6, 6.07) is 0. The smallest absolute Gasteiger partial charge is 0.312 e. The van der Waals surface area contributed by atoms with Crippen molar-refractivity contribution >= 4 is 11.9 Å². The molecule has 4 fully saturated rings. The van der Waals surface area contributed by atoms with E-state index in [4.69, 9.17) is 9.47 Å². The molecule has 5 aliphatic carbocycles. The van der Waals surface area contributed by atoms with Gasteiger partial charge in [-0.3, -0.25) is 9.59 Å². The highest BCUT2D eigenvalue weighted by Crippen LogP contribution is 2.76. The molecule has 0 amide bonds. The van der Waals surface area contributed by atoms with Gasteiger partial charge >= 0.3 is 11.9 Å². The van der Waals surface area contributed by atoms with Crippen LogP contribution in [0.25, 0.3) is 0 Å². The SMILES string of the molecule is CCCCOC(=O)[C@]12CC[C@@H](C)[C@H](C)[C@H]1C1=CC[C@@H]3[C@@]4(C)CC[C@H](OC(C)=O)C(C)(C)[C@@H]4CC[C@@]3(C)[C@]1(C)CC2. The van der Waals surface area contributed by atoms with Gasteiger partial charge in [-0.25, -0.2) is 0 Å². The van der Waals surface area contributed by atoms with Crippen molar-refractivity contribution in [2.24, 2.45) is 56.7 Å². The number of hydrogen-bond donors (Lipinski definition) is 0. The Balaban J connectivity index is 1.53. The Morgan fingerprint density at radius 2 is 1.65 bits per heavy atom. The van der Waals surface area contributed by atoms with E-state index in [-0.39, 0.29) is 45.1 Å². The van der Waals surface area contributed by atoms with Crippen molar-refractivity contribution in [3.8, 4) is 0 Å². The average molecular weight is 555 g/mol. The first-order chi connectivity index (χ1) is 18.7. The van der Waals surface area contributed by atoms with Gasteiger partial charge in [-0.1, -0.05) is 73.5 Å². The zero-order valence-electron chi connectivity index (χ0n) is 27.2. The molecule has 0 saturated heterocycles. The molecule has 0 N–H and O–H groups in total. The first kappa shape index (κ1) is 30.1. The molecule has 0 aliphatic heterocycles. The fraction of sp³-hybridized carbons (Fsp3) is 0.889. The van der Waals surface area contributed by atoms with Gasteiger partial charge in [0.1, 0.15) is 6.10 Å². The molecule has 0 spiro atoms. The van der Waals surface area contributed by atoms with Crippen molar-refractivity contribution in [1.29, 1.82) is 0 Å². The van der Waals surface area contributed by atoms with Crippen LogP contribution in [0, 0.1) is 56.7 Å². The Labute approximate surface area is 244 Å². The van der Waals surface area contributed by atoms with Crippen LogP contribution >= 0.6 is 0 Å². The molecular formula is C36H58O4. The third-order valence-corrected chi connectivity index (χ3v) is 14.4. The van der Waals surface area contributed by atoms with Gasteiger partial charge < -0.3 is 9.47 Å². The van der Waals surface area contributed by atoms with Crippen molar-refractivity contribution in [1.82, 2.24) is 0 Å². The van der Waals surface area contributed by atoms with Crippen molar-refractivity contribution in [3.63, 3.8) is 0 Å². The zero-order chi connectivity index (χ0) is 29.3. The predicted octanol–water partition coefficient (Wildman–Crippen LogP) is 8.92. The van der Waals surface area contributed by atoms with Crippen LogP contribution in [-0.4, -0.2) is 24.6 Å². The summed E-state index contributed by atoms with van der Waals surface area (Å²) >= 11 is 0. The van der Waals surface area contributed by atoms with E-state index in [0.29, 0.717) is 36.2 Å². The first-order valence-electron chi connectivity index (χ1n) is 16.7. The third-order valence-electron chi connectivity index (χ3n) is 14.4. The molecule has 0 aromatic heterocycles. The van der Waals surface area contributed by atoms with E-state index in [1.165, 1.54) is 12.8 Å². The molecule has 5 rings (SSSR count). The summed E-state index contributed by atoms with van der Waals surface area (Å²) in [5, 5.41) is 0. The van der Waals surface area contributed by atoms with E-state index in [2.05, 4.69) is 61.5 Å². The van der Waals surface area contributed by atoms with E-state index in [1.54, 1.807) is 12.5 Å². The minimum absolute atomic E-state index is 0.0105. The second-order valence-corrected chi connectivity index (χ2v) is 16.3. The molecule has 10 atom stereocenters. The lowest BCUT2D eigenvalue weighted by Crippen LogP contribution is -2.65. The summed E-state index contributed by atoms with van der Waals surface area (Å²) in [5.41, 5.74) is 1.76. The van der Waals surface area contributed by atoms with Gasteiger partial charge in [-0.05, 0) is 110 Å². The number of ether oxygens (including phenoxy) is 2. The normalized spacial score (nSPS) is 47.5. The summed E-state index contributed by atoms with van der Waals surface area (Å²) in [4.78, 5) is 25.9. The molecule has 0 heterocycles. The van der Waals surface area contributed by atoms with E-state index in [9.17, 15) is 9.59 Å². The van der Waals surface area contributed by atoms with Crippen LogP contribution in [0.2, 0.25) is 0 Å². The molecule has 5 aliphatic rings. The van der Waals surface area contributed by atoms with Crippen LogP contribution in [0.3, 0.4) is 0 Å². The molecule has 226 valence electrons. The van der Waals surface area contributed by atoms with Gasteiger partial charge in [0.2, 0.25) is 0 Å².